The highest BCUT2D eigenvalue weighted by atomic mass is 79.9. The lowest BCUT2D eigenvalue weighted by Crippen LogP contribution is -2.33. The highest BCUT2D eigenvalue weighted by molar-refractivity contribution is 9.10. The summed E-state index contributed by atoms with van der Waals surface area (Å²) in [6, 6.07) is 20.1. The minimum Gasteiger partial charge on any atom is -0.493 e. The van der Waals surface area contributed by atoms with Crippen LogP contribution in [-0.4, -0.2) is 25.3 Å². The number of carbonyl (C=O) groups excluding carboxylic acids is 1. The second-order valence-electron chi connectivity index (χ2n) is 6.77. The molecule has 0 aliphatic rings. The molecule has 0 aliphatic carbocycles. The minimum atomic E-state index is -0.702. The third kappa shape index (κ3) is 7.00. The van der Waals surface area contributed by atoms with Gasteiger partial charge in [-0.05, 0) is 72.6 Å². The van der Waals surface area contributed by atoms with Gasteiger partial charge in [0.25, 0.3) is 5.91 Å². The summed E-state index contributed by atoms with van der Waals surface area (Å²) in [7, 11) is 1.56. The first-order chi connectivity index (χ1) is 15.4. The maximum absolute atomic E-state index is 12.2. The number of nitrogens with one attached hydrogen (secondary N) is 1. The minimum absolute atomic E-state index is 0.362. The lowest BCUT2D eigenvalue weighted by atomic mass is 10.2. The van der Waals surface area contributed by atoms with Gasteiger partial charge >= 0.3 is 0 Å². The summed E-state index contributed by atoms with van der Waals surface area (Å²) in [4.78, 5) is 12.2. The van der Waals surface area contributed by atoms with Gasteiger partial charge in [-0.2, -0.15) is 5.10 Å². The molecule has 3 aromatic carbocycles. The van der Waals surface area contributed by atoms with Crippen molar-refractivity contribution in [2.24, 2.45) is 5.10 Å². The van der Waals surface area contributed by atoms with Crippen molar-refractivity contribution in [3.8, 4) is 17.2 Å². The van der Waals surface area contributed by atoms with E-state index in [0.29, 0.717) is 28.9 Å². The Morgan fingerprint density at radius 1 is 1.09 bits per heavy atom. The van der Waals surface area contributed by atoms with E-state index in [1.807, 2.05) is 42.5 Å². The molecular formula is C24H22BrClN2O4. The highest BCUT2D eigenvalue weighted by Gasteiger charge is 2.14. The standard InChI is InChI=1S/C24H22BrClN2O4/c1-16(32-21-10-6-19(25)7-11-21)24(29)28-27-14-18-5-12-22(23(13-18)30-2)31-15-17-3-8-20(26)9-4-17/h3-14,16H,15H2,1-2H3,(H,28,29). The first-order valence-corrected chi connectivity index (χ1v) is 10.9. The van der Waals surface area contributed by atoms with E-state index in [0.717, 1.165) is 15.6 Å². The topological polar surface area (TPSA) is 69.2 Å². The van der Waals surface area contributed by atoms with Gasteiger partial charge in [0.15, 0.2) is 17.6 Å². The summed E-state index contributed by atoms with van der Waals surface area (Å²) >= 11 is 9.26. The fourth-order valence-corrected chi connectivity index (χ4v) is 3.05. The average molecular weight is 518 g/mol. The van der Waals surface area contributed by atoms with E-state index in [1.165, 1.54) is 6.21 Å². The van der Waals surface area contributed by atoms with Gasteiger partial charge in [-0.25, -0.2) is 5.43 Å². The third-order valence-electron chi connectivity index (χ3n) is 4.38. The molecule has 0 fully saturated rings. The van der Waals surface area contributed by atoms with Gasteiger partial charge < -0.3 is 14.2 Å². The number of amides is 1. The van der Waals surface area contributed by atoms with Crippen LogP contribution in [0, 0.1) is 0 Å². The van der Waals surface area contributed by atoms with Crippen LogP contribution in [0.5, 0.6) is 17.2 Å². The van der Waals surface area contributed by atoms with Crippen LogP contribution < -0.4 is 19.6 Å². The number of hydrogen-bond acceptors (Lipinski definition) is 5. The van der Waals surface area contributed by atoms with E-state index in [9.17, 15) is 4.79 Å². The molecule has 1 atom stereocenters. The van der Waals surface area contributed by atoms with E-state index in [-0.39, 0.29) is 5.91 Å². The Morgan fingerprint density at radius 3 is 2.50 bits per heavy atom. The number of carbonyl (C=O) groups is 1. The van der Waals surface area contributed by atoms with Crippen molar-refractivity contribution < 1.29 is 19.0 Å². The SMILES string of the molecule is COc1cc(C=NNC(=O)C(C)Oc2ccc(Br)cc2)ccc1OCc1ccc(Cl)cc1. The predicted molar refractivity (Wildman–Crippen MR) is 129 cm³/mol. The zero-order chi connectivity index (χ0) is 22.9. The summed E-state index contributed by atoms with van der Waals surface area (Å²) in [6.45, 7) is 2.04. The number of hydrogen-bond donors (Lipinski definition) is 1. The van der Waals surface area contributed by atoms with Crippen molar-refractivity contribution in [3.63, 3.8) is 0 Å². The maximum atomic E-state index is 12.2. The summed E-state index contributed by atoms with van der Waals surface area (Å²) < 4.78 is 17.8. The molecule has 1 unspecified atom stereocenters. The van der Waals surface area contributed by atoms with E-state index < -0.39 is 6.10 Å². The van der Waals surface area contributed by atoms with Gasteiger partial charge in [-0.15, -0.1) is 0 Å². The highest BCUT2D eigenvalue weighted by Crippen LogP contribution is 2.28. The van der Waals surface area contributed by atoms with Gasteiger partial charge in [0.05, 0.1) is 13.3 Å². The molecule has 8 heteroatoms. The van der Waals surface area contributed by atoms with Crippen LogP contribution in [0.4, 0.5) is 0 Å². The van der Waals surface area contributed by atoms with Crippen molar-refractivity contribution in [2.45, 2.75) is 19.6 Å². The van der Waals surface area contributed by atoms with Crippen molar-refractivity contribution in [1.29, 1.82) is 0 Å². The molecule has 0 heterocycles. The lowest BCUT2D eigenvalue weighted by Gasteiger charge is -2.13. The maximum Gasteiger partial charge on any atom is 0.280 e. The zero-order valence-electron chi connectivity index (χ0n) is 17.5. The summed E-state index contributed by atoms with van der Waals surface area (Å²) in [5.41, 5.74) is 4.21. The Balaban J connectivity index is 1.54. The molecule has 0 spiro atoms. The molecule has 32 heavy (non-hydrogen) atoms. The lowest BCUT2D eigenvalue weighted by molar-refractivity contribution is -0.127. The Labute approximate surface area is 200 Å². The number of halogens is 2. The normalized spacial score (nSPS) is 11.8. The monoisotopic (exact) mass is 516 g/mol. The number of benzene rings is 3. The number of nitrogens with zero attached hydrogens (tertiary/aromatic N) is 1. The van der Waals surface area contributed by atoms with Crippen LogP contribution in [0.25, 0.3) is 0 Å². The summed E-state index contributed by atoms with van der Waals surface area (Å²) in [6.07, 6.45) is 0.821. The molecule has 3 aromatic rings. The Hall–Kier alpha value is -3.03. The number of rotatable bonds is 9. The quantitative estimate of drug-likeness (QED) is 0.296. The zero-order valence-corrected chi connectivity index (χ0v) is 19.9. The van der Waals surface area contributed by atoms with Crippen LogP contribution in [0.3, 0.4) is 0 Å². The van der Waals surface area contributed by atoms with Crippen LogP contribution in [0.15, 0.2) is 76.3 Å². The number of ether oxygens (including phenoxy) is 3. The van der Waals surface area contributed by atoms with E-state index in [1.54, 1.807) is 38.3 Å². The van der Waals surface area contributed by atoms with Gasteiger partial charge in [0, 0.05) is 9.50 Å². The van der Waals surface area contributed by atoms with Crippen molar-refractivity contribution >= 4 is 39.7 Å². The first kappa shape index (κ1) is 23.6. The van der Waals surface area contributed by atoms with E-state index >= 15 is 0 Å². The predicted octanol–water partition coefficient (Wildman–Crippen LogP) is 5.61. The molecule has 0 saturated carbocycles. The molecule has 0 saturated heterocycles. The molecular weight excluding hydrogens is 496 g/mol. The molecule has 6 nitrogen and oxygen atoms in total. The fourth-order valence-electron chi connectivity index (χ4n) is 2.66. The Bertz CT molecular complexity index is 1070. The molecule has 1 amide bonds. The van der Waals surface area contributed by atoms with Crippen LogP contribution in [0.2, 0.25) is 5.02 Å². The fraction of sp³-hybridized carbons (Fsp3) is 0.167. The van der Waals surface area contributed by atoms with Crippen LogP contribution in [-0.2, 0) is 11.4 Å². The van der Waals surface area contributed by atoms with Crippen molar-refractivity contribution in [1.82, 2.24) is 5.43 Å². The molecule has 1 N–H and O–H groups in total. The van der Waals surface area contributed by atoms with Gasteiger partial charge in [-0.1, -0.05) is 39.7 Å². The molecule has 0 aromatic heterocycles. The van der Waals surface area contributed by atoms with Gasteiger partial charge in [0.1, 0.15) is 12.4 Å². The molecule has 0 radical (unpaired) electrons. The smallest absolute Gasteiger partial charge is 0.280 e. The van der Waals surface area contributed by atoms with E-state index in [4.69, 9.17) is 25.8 Å². The average Bonchev–Trinajstić information content (AvgIpc) is 2.80. The first-order valence-electron chi connectivity index (χ1n) is 9.75. The van der Waals surface area contributed by atoms with Gasteiger partial charge in [-0.3, -0.25) is 4.79 Å². The molecule has 0 aliphatic heterocycles. The van der Waals surface area contributed by atoms with Crippen LogP contribution >= 0.6 is 27.5 Å². The Kier molecular flexibility index (Phi) is 8.53. The Morgan fingerprint density at radius 2 is 1.81 bits per heavy atom. The second kappa shape index (κ2) is 11.5. The van der Waals surface area contributed by atoms with Crippen molar-refractivity contribution in [2.75, 3.05) is 7.11 Å². The second-order valence-corrected chi connectivity index (χ2v) is 8.13. The number of methoxy groups -OCH3 is 1. The number of hydrazone groups is 1. The molecule has 3 rings (SSSR count). The van der Waals surface area contributed by atoms with Gasteiger partial charge in [0.2, 0.25) is 0 Å². The molecule has 166 valence electrons. The van der Waals surface area contributed by atoms with E-state index in [2.05, 4.69) is 26.5 Å². The largest absolute Gasteiger partial charge is 0.493 e. The summed E-state index contributed by atoms with van der Waals surface area (Å²) in [5.74, 6) is 1.39. The van der Waals surface area contributed by atoms with Crippen LogP contribution in [0.1, 0.15) is 18.1 Å². The summed E-state index contributed by atoms with van der Waals surface area (Å²) in [5, 5.41) is 4.68. The third-order valence-corrected chi connectivity index (χ3v) is 5.16. The van der Waals surface area contributed by atoms with Crippen molar-refractivity contribution in [3.05, 3.63) is 87.4 Å². The molecule has 0 bridgehead atoms.